The van der Waals surface area contributed by atoms with Crippen LogP contribution in [0.25, 0.3) is 0 Å². The maximum atomic E-state index is 12.7. The number of rotatable bonds is 4. The topological polar surface area (TPSA) is 72.0 Å². The molecule has 0 aliphatic rings. The molecule has 1 N–H and O–H groups in total. The summed E-state index contributed by atoms with van der Waals surface area (Å²) in [5.74, 6) is -0.675. The van der Waals surface area contributed by atoms with Gasteiger partial charge < -0.3 is 0 Å². The standard InChI is InChI=1S/C11H9ClFN3O2S/c12-10-5-14-6-11(15-10)16-19(17,18)7-8-1-3-9(13)4-2-8/h1-6H,7H2,(H,15,16). The van der Waals surface area contributed by atoms with Gasteiger partial charge in [-0.05, 0) is 17.7 Å². The van der Waals surface area contributed by atoms with E-state index in [1.54, 1.807) is 0 Å². The number of hydrogen-bond donors (Lipinski definition) is 1. The number of hydrogen-bond acceptors (Lipinski definition) is 4. The van der Waals surface area contributed by atoms with Gasteiger partial charge in [-0.3, -0.25) is 9.71 Å². The van der Waals surface area contributed by atoms with Gasteiger partial charge in [0.25, 0.3) is 0 Å². The number of nitrogens with zero attached hydrogens (tertiary/aromatic N) is 2. The second-order valence-electron chi connectivity index (χ2n) is 3.71. The third kappa shape index (κ3) is 4.15. The molecule has 5 nitrogen and oxygen atoms in total. The molecule has 0 saturated heterocycles. The molecule has 2 aromatic rings. The predicted octanol–water partition coefficient (Wildman–Crippen LogP) is 2.21. The SMILES string of the molecule is O=S(=O)(Cc1ccc(F)cc1)Nc1cncc(Cl)n1. The molecule has 8 heteroatoms. The zero-order chi connectivity index (χ0) is 13.9. The average Bonchev–Trinajstić information content (AvgIpc) is 2.31. The molecule has 0 amide bonds. The van der Waals surface area contributed by atoms with Gasteiger partial charge in [0.05, 0.1) is 18.1 Å². The third-order valence-corrected chi connectivity index (χ3v) is 3.55. The molecule has 100 valence electrons. The summed E-state index contributed by atoms with van der Waals surface area (Å²) >= 11 is 5.60. The number of sulfonamides is 1. The largest absolute Gasteiger partial charge is 0.266 e. The first kappa shape index (κ1) is 13.7. The summed E-state index contributed by atoms with van der Waals surface area (Å²) in [7, 11) is -3.65. The molecule has 1 aromatic carbocycles. The Bertz CT molecular complexity index is 677. The first-order chi connectivity index (χ1) is 8.94. The van der Waals surface area contributed by atoms with E-state index in [0.29, 0.717) is 5.56 Å². The maximum Gasteiger partial charge on any atom is 0.238 e. The van der Waals surface area contributed by atoms with Crippen LogP contribution in [0.2, 0.25) is 5.15 Å². The van der Waals surface area contributed by atoms with Crippen LogP contribution in [0.15, 0.2) is 36.7 Å². The lowest BCUT2D eigenvalue weighted by atomic mass is 10.2. The predicted molar refractivity (Wildman–Crippen MR) is 69.7 cm³/mol. The molecule has 0 radical (unpaired) electrons. The van der Waals surface area contributed by atoms with Crippen molar-refractivity contribution in [2.45, 2.75) is 5.75 Å². The number of aromatic nitrogens is 2. The van der Waals surface area contributed by atoms with Crippen molar-refractivity contribution in [3.63, 3.8) is 0 Å². The van der Waals surface area contributed by atoms with Gasteiger partial charge in [-0.1, -0.05) is 23.7 Å². The molecule has 19 heavy (non-hydrogen) atoms. The molecule has 0 aliphatic carbocycles. The van der Waals surface area contributed by atoms with E-state index in [1.165, 1.54) is 36.7 Å². The molecular formula is C11H9ClFN3O2S. The monoisotopic (exact) mass is 301 g/mol. The molecule has 0 aliphatic heterocycles. The summed E-state index contributed by atoms with van der Waals surface area (Å²) < 4.78 is 38.7. The Morgan fingerprint density at radius 2 is 1.89 bits per heavy atom. The molecule has 0 atom stereocenters. The maximum absolute atomic E-state index is 12.7. The highest BCUT2D eigenvalue weighted by atomic mass is 35.5. The first-order valence-electron chi connectivity index (χ1n) is 5.17. The van der Waals surface area contributed by atoms with Crippen molar-refractivity contribution in [2.24, 2.45) is 0 Å². The van der Waals surface area contributed by atoms with Crippen LogP contribution in [0.4, 0.5) is 10.2 Å². The van der Waals surface area contributed by atoms with E-state index >= 15 is 0 Å². The fourth-order valence-electron chi connectivity index (χ4n) is 1.39. The Morgan fingerprint density at radius 3 is 2.53 bits per heavy atom. The van der Waals surface area contributed by atoms with Crippen molar-refractivity contribution >= 4 is 27.4 Å². The van der Waals surface area contributed by atoms with Crippen LogP contribution in [-0.4, -0.2) is 18.4 Å². The van der Waals surface area contributed by atoms with Crippen LogP contribution in [0, 0.1) is 5.82 Å². The van der Waals surface area contributed by atoms with Gasteiger partial charge in [-0.25, -0.2) is 17.8 Å². The van der Waals surface area contributed by atoms with Gasteiger partial charge in [0.1, 0.15) is 11.0 Å². The van der Waals surface area contributed by atoms with Gasteiger partial charge in [-0.15, -0.1) is 0 Å². The van der Waals surface area contributed by atoms with Crippen molar-refractivity contribution in [3.8, 4) is 0 Å². The summed E-state index contributed by atoms with van der Waals surface area (Å²) in [6.45, 7) is 0. The second-order valence-corrected chi connectivity index (χ2v) is 5.82. The van der Waals surface area contributed by atoms with E-state index in [1.807, 2.05) is 0 Å². The minimum absolute atomic E-state index is 0.0367. The zero-order valence-corrected chi connectivity index (χ0v) is 11.1. The van der Waals surface area contributed by atoms with Crippen LogP contribution in [0.5, 0.6) is 0 Å². The minimum atomic E-state index is -3.65. The molecule has 0 unspecified atom stereocenters. The van der Waals surface area contributed by atoms with Crippen molar-refractivity contribution < 1.29 is 12.8 Å². The highest BCUT2D eigenvalue weighted by Gasteiger charge is 2.13. The van der Waals surface area contributed by atoms with Crippen LogP contribution >= 0.6 is 11.6 Å². The number of halogens is 2. The van der Waals surface area contributed by atoms with E-state index in [9.17, 15) is 12.8 Å². The van der Waals surface area contributed by atoms with E-state index in [4.69, 9.17) is 11.6 Å². The average molecular weight is 302 g/mol. The Labute approximate surface area is 114 Å². The summed E-state index contributed by atoms with van der Waals surface area (Å²) in [5, 5.41) is 0.0852. The van der Waals surface area contributed by atoms with Crippen molar-refractivity contribution in [1.82, 2.24) is 9.97 Å². The Balaban J connectivity index is 2.13. The molecule has 0 spiro atoms. The highest BCUT2D eigenvalue weighted by molar-refractivity contribution is 7.91. The molecule has 0 saturated carbocycles. The van der Waals surface area contributed by atoms with Crippen LogP contribution in [-0.2, 0) is 15.8 Å². The van der Waals surface area contributed by atoms with Crippen LogP contribution < -0.4 is 4.72 Å². The van der Waals surface area contributed by atoms with Gasteiger partial charge in [0.15, 0.2) is 5.82 Å². The van der Waals surface area contributed by atoms with Gasteiger partial charge in [0.2, 0.25) is 10.0 Å². The van der Waals surface area contributed by atoms with Gasteiger partial charge in [0, 0.05) is 0 Å². The number of nitrogens with one attached hydrogen (secondary N) is 1. The molecular weight excluding hydrogens is 293 g/mol. The first-order valence-corrected chi connectivity index (χ1v) is 7.20. The van der Waals surface area contributed by atoms with Gasteiger partial charge in [-0.2, -0.15) is 0 Å². The fourth-order valence-corrected chi connectivity index (χ4v) is 2.65. The Morgan fingerprint density at radius 1 is 1.21 bits per heavy atom. The number of anilines is 1. The van der Waals surface area contributed by atoms with Crippen molar-refractivity contribution in [2.75, 3.05) is 4.72 Å². The summed E-state index contributed by atoms with van der Waals surface area (Å²) in [4.78, 5) is 7.48. The second kappa shape index (κ2) is 5.50. The molecule has 1 aromatic heterocycles. The third-order valence-electron chi connectivity index (χ3n) is 2.14. The lowest BCUT2D eigenvalue weighted by Crippen LogP contribution is -2.16. The lowest BCUT2D eigenvalue weighted by molar-refractivity contribution is 0.599. The molecule has 0 bridgehead atoms. The molecule has 0 fully saturated rings. The summed E-state index contributed by atoms with van der Waals surface area (Å²) in [6.07, 6.45) is 2.54. The molecule has 2 rings (SSSR count). The van der Waals surface area contributed by atoms with Crippen LogP contribution in [0.1, 0.15) is 5.56 Å². The van der Waals surface area contributed by atoms with E-state index in [2.05, 4.69) is 14.7 Å². The van der Waals surface area contributed by atoms with Gasteiger partial charge >= 0.3 is 0 Å². The van der Waals surface area contributed by atoms with Crippen LogP contribution in [0.3, 0.4) is 0 Å². The van der Waals surface area contributed by atoms with E-state index in [0.717, 1.165) is 0 Å². The lowest BCUT2D eigenvalue weighted by Gasteiger charge is -2.07. The quantitative estimate of drug-likeness (QED) is 0.940. The molecule has 1 heterocycles. The fraction of sp³-hybridized carbons (Fsp3) is 0.0909. The van der Waals surface area contributed by atoms with Crippen molar-refractivity contribution in [1.29, 1.82) is 0 Å². The van der Waals surface area contributed by atoms with Crippen molar-refractivity contribution in [3.05, 3.63) is 53.2 Å². The Hall–Kier alpha value is -1.73. The summed E-state index contributed by atoms with van der Waals surface area (Å²) in [6, 6.07) is 5.20. The van der Waals surface area contributed by atoms with E-state index in [-0.39, 0.29) is 16.7 Å². The smallest absolute Gasteiger partial charge is 0.238 e. The highest BCUT2D eigenvalue weighted by Crippen LogP contribution is 2.12. The number of benzene rings is 1. The minimum Gasteiger partial charge on any atom is -0.266 e. The Kier molecular flexibility index (Phi) is 3.96. The van der Waals surface area contributed by atoms with E-state index < -0.39 is 15.8 Å². The summed E-state index contributed by atoms with van der Waals surface area (Å²) in [5.41, 5.74) is 0.462. The normalized spacial score (nSPS) is 11.3. The zero-order valence-electron chi connectivity index (χ0n) is 9.55.